The van der Waals surface area contributed by atoms with Gasteiger partial charge in [0.15, 0.2) is 0 Å². The molecule has 1 aromatic rings. The van der Waals surface area contributed by atoms with Gasteiger partial charge in [0.2, 0.25) is 5.91 Å². The van der Waals surface area contributed by atoms with Crippen LogP contribution in [0.5, 0.6) is 0 Å². The van der Waals surface area contributed by atoms with Gasteiger partial charge in [-0.05, 0) is 37.0 Å². The average Bonchev–Trinajstić information content (AvgIpc) is 2.87. The van der Waals surface area contributed by atoms with Crippen LogP contribution < -0.4 is 5.32 Å². The van der Waals surface area contributed by atoms with Crippen molar-refractivity contribution in [1.82, 2.24) is 5.32 Å². The second-order valence-corrected chi connectivity index (χ2v) is 5.49. The number of amides is 1. The smallest absolute Gasteiger partial charge is 0.244 e. The Hall–Kier alpha value is -1.55. The van der Waals surface area contributed by atoms with Crippen LogP contribution in [0.2, 0.25) is 0 Å². The Morgan fingerprint density at radius 3 is 3.21 bits per heavy atom. The van der Waals surface area contributed by atoms with Gasteiger partial charge in [0, 0.05) is 12.6 Å². The molecule has 4 nitrogen and oxygen atoms in total. The predicted molar refractivity (Wildman–Crippen MR) is 73.3 cm³/mol. The first-order valence-corrected chi connectivity index (χ1v) is 6.79. The van der Waals surface area contributed by atoms with Crippen molar-refractivity contribution in [2.75, 3.05) is 6.54 Å². The molecule has 2 rings (SSSR count). The Morgan fingerprint density at radius 1 is 1.68 bits per heavy atom. The van der Waals surface area contributed by atoms with E-state index in [-0.39, 0.29) is 5.91 Å². The normalized spacial score (nSPS) is 27.6. The fourth-order valence-electron chi connectivity index (χ4n) is 2.65. The molecular formula is C15H21NO3. The predicted octanol–water partition coefficient (Wildman–Crippen LogP) is 2.35. The van der Waals surface area contributed by atoms with Crippen LogP contribution >= 0.6 is 0 Å². The largest absolute Gasteiger partial charge is 0.465 e. The van der Waals surface area contributed by atoms with Crippen molar-refractivity contribution >= 4 is 12.0 Å². The molecule has 2 unspecified atom stereocenters. The summed E-state index contributed by atoms with van der Waals surface area (Å²) in [7, 11) is 0. The van der Waals surface area contributed by atoms with Gasteiger partial charge >= 0.3 is 0 Å². The van der Waals surface area contributed by atoms with Crippen molar-refractivity contribution in [2.45, 2.75) is 38.2 Å². The number of carbonyl (C=O) groups excluding carboxylic acids is 1. The topological polar surface area (TPSA) is 62.5 Å². The number of nitrogens with one attached hydrogen (secondary N) is 1. The quantitative estimate of drug-likeness (QED) is 0.820. The van der Waals surface area contributed by atoms with Gasteiger partial charge in [0.05, 0.1) is 11.9 Å². The molecule has 0 bridgehead atoms. The van der Waals surface area contributed by atoms with Crippen LogP contribution in [0.1, 0.15) is 38.4 Å². The minimum Gasteiger partial charge on any atom is -0.465 e. The Bertz CT molecular complexity index is 438. The molecule has 0 spiro atoms. The SMILES string of the molecule is CC1CCCC(O)(CNC(=O)C=Cc2ccco2)C1. The van der Waals surface area contributed by atoms with Gasteiger partial charge in [-0.25, -0.2) is 0 Å². The highest BCUT2D eigenvalue weighted by Gasteiger charge is 2.32. The number of furan rings is 1. The number of hydrogen-bond donors (Lipinski definition) is 2. The van der Waals surface area contributed by atoms with Crippen molar-refractivity contribution in [3.63, 3.8) is 0 Å². The van der Waals surface area contributed by atoms with Crippen LogP contribution in [0.4, 0.5) is 0 Å². The summed E-state index contributed by atoms with van der Waals surface area (Å²) in [5, 5.41) is 13.1. The van der Waals surface area contributed by atoms with E-state index in [1.807, 2.05) is 0 Å². The molecule has 1 heterocycles. The summed E-state index contributed by atoms with van der Waals surface area (Å²) in [5.74, 6) is 0.956. The van der Waals surface area contributed by atoms with Crippen molar-refractivity contribution in [2.24, 2.45) is 5.92 Å². The maximum Gasteiger partial charge on any atom is 0.244 e. The summed E-state index contributed by atoms with van der Waals surface area (Å²) in [6.07, 6.45) is 8.31. The van der Waals surface area contributed by atoms with Crippen LogP contribution in [0.25, 0.3) is 6.08 Å². The highest BCUT2D eigenvalue weighted by atomic mass is 16.3. The van der Waals surface area contributed by atoms with Crippen molar-refractivity contribution in [3.05, 3.63) is 30.2 Å². The van der Waals surface area contributed by atoms with Gasteiger partial charge in [-0.2, -0.15) is 0 Å². The van der Waals surface area contributed by atoms with Crippen LogP contribution in [0.3, 0.4) is 0 Å². The van der Waals surface area contributed by atoms with E-state index in [2.05, 4.69) is 12.2 Å². The van der Waals surface area contributed by atoms with Gasteiger partial charge in [-0.15, -0.1) is 0 Å². The van der Waals surface area contributed by atoms with E-state index < -0.39 is 5.60 Å². The molecule has 0 aliphatic heterocycles. The van der Waals surface area contributed by atoms with Gasteiger partial charge in [0.25, 0.3) is 0 Å². The lowest BCUT2D eigenvalue weighted by atomic mass is 9.79. The minimum atomic E-state index is -0.744. The number of carbonyl (C=O) groups is 1. The lowest BCUT2D eigenvalue weighted by Crippen LogP contribution is -2.45. The molecule has 1 aliphatic carbocycles. The molecule has 104 valence electrons. The Morgan fingerprint density at radius 2 is 2.53 bits per heavy atom. The molecule has 19 heavy (non-hydrogen) atoms. The lowest BCUT2D eigenvalue weighted by molar-refractivity contribution is -0.118. The number of rotatable bonds is 4. The second-order valence-electron chi connectivity index (χ2n) is 5.49. The summed E-state index contributed by atoms with van der Waals surface area (Å²) in [5.41, 5.74) is -0.744. The zero-order valence-electron chi connectivity index (χ0n) is 11.3. The van der Waals surface area contributed by atoms with Crippen molar-refractivity contribution in [3.8, 4) is 0 Å². The summed E-state index contributed by atoms with van der Waals surface area (Å²) in [6.45, 7) is 2.46. The molecule has 2 atom stereocenters. The number of hydrogen-bond acceptors (Lipinski definition) is 3. The first kappa shape index (κ1) is 13.9. The van der Waals surface area contributed by atoms with Crippen LogP contribution in [0.15, 0.2) is 28.9 Å². The molecule has 1 fully saturated rings. The van der Waals surface area contributed by atoms with E-state index in [0.29, 0.717) is 18.2 Å². The first-order valence-electron chi connectivity index (χ1n) is 6.79. The maximum absolute atomic E-state index is 11.7. The molecule has 1 amide bonds. The van der Waals surface area contributed by atoms with E-state index in [0.717, 1.165) is 25.7 Å². The number of aliphatic hydroxyl groups is 1. The van der Waals surface area contributed by atoms with Crippen molar-refractivity contribution in [1.29, 1.82) is 0 Å². The maximum atomic E-state index is 11.7. The Kier molecular flexibility index (Phi) is 4.43. The molecular weight excluding hydrogens is 242 g/mol. The molecule has 0 aromatic carbocycles. The molecule has 1 saturated carbocycles. The summed E-state index contributed by atoms with van der Waals surface area (Å²) in [6, 6.07) is 3.55. The fraction of sp³-hybridized carbons (Fsp3) is 0.533. The molecule has 2 N–H and O–H groups in total. The third-order valence-corrected chi connectivity index (χ3v) is 3.60. The molecule has 1 aliphatic rings. The summed E-state index contributed by atoms with van der Waals surface area (Å²) < 4.78 is 5.10. The van der Waals surface area contributed by atoms with Gasteiger partial charge in [-0.3, -0.25) is 4.79 Å². The van der Waals surface area contributed by atoms with Crippen LogP contribution in [-0.4, -0.2) is 23.2 Å². The van der Waals surface area contributed by atoms with E-state index in [9.17, 15) is 9.90 Å². The molecule has 4 heteroatoms. The van der Waals surface area contributed by atoms with E-state index in [1.54, 1.807) is 24.5 Å². The zero-order valence-corrected chi connectivity index (χ0v) is 11.3. The Labute approximate surface area is 113 Å². The monoisotopic (exact) mass is 263 g/mol. The van der Waals surface area contributed by atoms with E-state index in [1.165, 1.54) is 6.08 Å². The van der Waals surface area contributed by atoms with Gasteiger partial charge in [0.1, 0.15) is 5.76 Å². The highest BCUT2D eigenvalue weighted by Crippen LogP contribution is 2.31. The standard InChI is InChI=1S/C15H21NO3/c1-12-4-2-8-15(18,10-12)11-16-14(17)7-6-13-5-3-9-19-13/h3,5-7,9,12,18H,2,4,8,10-11H2,1H3,(H,16,17). The third-order valence-electron chi connectivity index (χ3n) is 3.60. The van der Waals surface area contributed by atoms with E-state index >= 15 is 0 Å². The molecule has 1 aromatic heterocycles. The zero-order chi connectivity index (χ0) is 13.7. The van der Waals surface area contributed by atoms with E-state index in [4.69, 9.17) is 4.42 Å². The fourth-order valence-corrected chi connectivity index (χ4v) is 2.65. The average molecular weight is 263 g/mol. The van der Waals surface area contributed by atoms with Crippen LogP contribution in [-0.2, 0) is 4.79 Å². The third kappa shape index (κ3) is 4.24. The molecule has 0 saturated heterocycles. The highest BCUT2D eigenvalue weighted by molar-refractivity contribution is 5.91. The lowest BCUT2D eigenvalue weighted by Gasteiger charge is -2.35. The summed E-state index contributed by atoms with van der Waals surface area (Å²) >= 11 is 0. The summed E-state index contributed by atoms with van der Waals surface area (Å²) in [4.78, 5) is 11.7. The molecule has 0 radical (unpaired) electrons. The van der Waals surface area contributed by atoms with Crippen molar-refractivity contribution < 1.29 is 14.3 Å². The van der Waals surface area contributed by atoms with Crippen LogP contribution in [0, 0.1) is 5.92 Å². The van der Waals surface area contributed by atoms with Gasteiger partial charge in [-0.1, -0.05) is 19.8 Å². The first-order chi connectivity index (χ1) is 9.07. The Balaban J connectivity index is 1.80. The minimum absolute atomic E-state index is 0.206. The van der Waals surface area contributed by atoms with Gasteiger partial charge < -0.3 is 14.8 Å². The second kappa shape index (κ2) is 6.06.